The molecule has 4 heteroatoms. The number of fused-ring (bicyclic) bond motifs is 3. The number of hydrogen-bond acceptors (Lipinski definition) is 3. The Labute approximate surface area is 122 Å². The number of imidazole rings is 1. The Balaban J connectivity index is 1.78. The van der Waals surface area contributed by atoms with E-state index >= 15 is 0 Å². The summed E-state index contributed by atoms with van der Waals surface area (Å²) in [5.41, 5.74) is 4.38. The van der Waals surface area contributed by atoms with Crippen LogP contribution >= 0.6 is 0 Å². The molecule has 4 nitrogen and oxygen atoms in total. The fourth-order valence-electron chi connectivity index (χ4n) is 2.76. The van der Waals surface area contributed by atoms with E-state index in [0.29, 0.717) is 0 Å². The molecule has 3 aromatic rings. The van der Waals surface area contributed by atoms with Crippen molar-refractivity contribution in [1.82, 2.24) is 9.55 Å². The first kappa shape index (κ1) is 12.1. The Morgan fingerprint density at radius 3 is 2.67 bits per heavy atom. The maximum atomic E-state index is 5.20. The summed E-state index contributed by atoms with van der Waals surface area (Å²) >= 11 is 0. The van der Waals surface area contributed by atoms with Gasteiger partial charge in [-0.25, -0.2) is 9.98 Å². The van der Waals surface area contributed by atoms with Gasteiger partial charge < -0.3 is 9.30 Å². The van der Waals surface area contributed by atoms with Gasteiger partial charge in [-0.05, 0) is 42.0 Å². The second-order valence-corrected chi connectivity index (χ2v) is 5.09. The first-order chi connectivity index (χ1) is 10.3. The lowest BCUT2D eigenvalue weighted by Gasteiger charge is -2.15. The van der Waals surface area contributed by atoms with Gasteiger partial charge in [-0.1, -0.05) is 12.1 Å². The predicted octanol–water partition coefficient (Wildman–Crippen LogP) is 3.57. The van der Waals surface area contributed by atoms with Crippen molar-refractivity contribution in [2.24, 2.45) is 4.99 Å². The Bertz CT molecular complexity index is 831. The maximum absolute atomic E-state index is 5.20. The number of aryl methyl sites for hydroxylation is 1. The lowest BCUT2D eigenvalue weighted by molar-refractivity contribution is 0.415. The van der Waals surface area contributed by atoms with Crippen LogP contribution in [0.3, 0.4) is 0 Å². The normalized spacial score (nSPS) is 13.9. The third-order valence-corrected chi connectivity index (χ3v) is 3.86. The highest BCUT2D eigenvalue weighted by molar-refractivity contribution is 6.02. The smallest absolute Gasteiger partial charge is 0.230 e. The van der Waals surface area contributed by atoms with Crippen molar-refractivity contribution >= 4 is 22.7 Å². The lowest BCUT2D eigenvalue weighted by Crippen LogP contribution is -2.12. The van der Waals surface area contributed by atoms with E-state index in [9.17, 15) is 0 Å². The van der Waals surface area contributed by atoms with E-state index in [1.54, 1.807) is 7.11 Å². The minimum Gasteiger partial charge on any atom is -0.497 e. The summed E-state index contributed by atoms with van der Waals surface area (Å²) < 4.78 is 7.38. The molecule has 0 saturated heterocycles. The van der Waals surface area contributed by atoms with Gasteiger partial charge >= 0.3 is 0 Å². The van der Waals surface area contributed by atoms with E-state index in [0.717, 1.165) is 47.0 Å². The zero-order chi connectivity index (χ0) is 14.2. The third kappa shape index (κ3) is 2.00. The molecule has 2 heterocycles. The standard InChI is InChI=1S/C17H15N3O/c1-21-13-8-6-12(7-9-13)14-10-11-20-16-5-3-2-4-15(16)19-17(20)18-14/h2-9H,10-11H2,1H3. The molecule has 0 fully saturated rings. The molecule has 0 radical (unpaired) electrons. The molecule has 0 aliphatic carbocycles. The molecule has 1 aliphatic rings. The molecule has 0 saturated carbocycles. The van der Waals surface area contributed by atoms with Crippen molar-refractivity contribution in [3.05, 3.63) is 54.1 Å². The van der Waals surface area contributed by atoms with Crippen molar-refractivity contribution in [2.45, 2.75) is 13.0 Å². The number of aromatic nitrogens is 2. The second-order valence-electron chi connectivity index (χ2n) is 5.09. The van der Waals surface area contributed by atoms with Gasteiger partial charge in [-0.3, -0.25) is 0 Å². The van der Waals surface area contributed by atoms with Crippen LogP contribution in [0.25, 0.3) is 11.0 Å². The van der Waals surface area contributed by atoms with Crippen LogP contribution in [-0.2, 0) is 6.54 Å². The molecule has 1 aliphatic heterocycles. The average Bonchev–Trinajstić information content (AvgIpc) is 2.92. The van der Waals surface area contributed by atoms with Gasteiger partial charge in [0.2, 0.25) is 5.95 Å². The van der Waals surface area contributed by atoms with Gasteiger partial charge in [0.15, 0.2) is 0 Å². The highest BCUT2D eigenvalue weighted by atomic mass is 16.5. The Hall–Kier alpha value is -2.62. The average molecular weight is 277 g/mol. The Kier molecular flexibility index (Phi) is 2.74. The van der Waals surface area contributed by atoms with E-state index in [2.05, 4.69) is 27.8 Å². The molecule has 0 unspecified atom stereocenters. The summed E-state index contributed by atoms with van der Waals surface area (Å²) in [5.74, 6) is 1.66. The molecule has 4 rings (SSSR count). The van der Waals surface area contributed by atoms with Crippen molar-refractivity contribution in [3.8, 4) is 5.75 Å². The highest BCUT2D eigenvalue weighted by Gasteiger charge is 2.17. The van der Waals surface area contributed by atoms with E-state index in [4.69, 9.17) is 9.73 Å². The van der Waals surface area contributed by atoms with Crippen molar-refractivity contribution < 1.29 is 4.74 Å². The zero-order valence-corrected chi connectivity index (χ0v) is 11.8. The van der Waals surface area contributed by atoms with Crippen LogP contribution in [-0.4, -0.2) is 22.4 Å². The first-order valence-electron chi connectivity index (χ1n) is 7.02. The SMILES string of the molecule is COc1ccc(C2=Nc3nc4ccccc4n3CC2)cc1. The highest BCUT2D eigenvalue weighted by Crippen LogP contribution is 2.27. The molecule has 0 spiro atoms. The molecule has 21 heavy (non-hydrogen) atoms. The Morgan fingerprint density at radius 2 is 1.86 bits per heavy atom. The van der Waals surface area contributed by atoms with Gasteiger partial charge in [0.1, 0.15) is 5.75 Å². The molecule has 104 valence electrons. The molecule has 0 amide bonds. The topological polar surface area (TPSA) is 39.4 Å². The number of benzene rings is 2. The van der Waals surface area contributed by atoms with E-state index < -0.39 is 0 Å². The molecule has 0 bridgehead atoms. The summed E-state index contributed by atoms with van der Waals surface area (Å²) in [7, 11) is 1.68. The van der Waals surface area contributed by atoms with E-state index in [-0.39, 0.29) is 0 Å². The van der Waals surface area contributed by atoms with E-state index in [1.807, 2.05) is 30.3 Å². The third-order valence-electron chi connectivity index (χ3n) is 3.86. The van der Waals surface area contributed by atoms with Crippen molar-refractivity contribution in [1.29, 1.82) is 0 Å². The molecule has 1 aromatic heterocycles. The largest absolute Gasteiger partial charge is 0.497 e. The maximum Gasteiger partial charge on any atom is 0.230 e. The van der Waals surface area contributed by atoms with Gasteiger partial charge in [0, 0.05) is 13.0 Å². The number of rotatable bonds is 2. The number of nitrogens with zero attached hydrogens (tertiary/aromatic N) is 3. The minimum absolute atomic E-state index is 0.799. The summed E-state index contributed by atoms with van der Waals surface area (Å²) in [5, 5.41) is 0. The van der Waals surface area contributed by atoms with Crippen LogP contribution in [0.5, 0.6) is 5.75 Å². The quantitative estimate of drug-likeness (QED) is 0.718. The number of para-hydroxylation sites is 2. The van der Waals surface area contributed by atoms with Crippen LogP contribution in [0, 0.1) is 0 Å². The molecular weight excluding hydrogens is 262 g/mol. The first-order valence-corrected chi connectivity index (χ1v) is 7.02. The zero-order valence-electron chi connectivity index (χ0n) is 11.8. The fraction of sp³-hybridized carbons (Fsp3) is 0.176. The van der Waals surface area contributed by atoms with Crippen LogP contribution < -0.4 is 4.74 Å². The second kappa shape index (κ2) is 4.74. The van der Waals surface area contributed by atoms with E-state index in [1.165, 1.54) is 0 Å². The van der Waals surface area contributed by atoms with Gasteiger partial charge in [-0.2, -0.15) is 0 Å². The molecule has 0 N–H and O–H groups in total. The van der Waals surface area contributed by atoms with Gasteiger partial charge in [-0.15, -0.1) is 0 Å². The predicted molar refractivity (Wildman–Crippen MR) is 83.5 cm³/mol. The number of methoxy groups -OCH3 is 1. The van der Waals surface area contributed by atoms with Crippen LogP contribution in [0.2, 0.25) is 0 Å². The number of hydrogen-bond donors (Lipinski definition) is 0. The van der Waals surface area contributed by atoms with Crippen molar-refractivity contribution in [2.75, 3.05) is 7.11 Å². The summed E-state index contributed by atoms with van der Waals surface area (Å²) in [6, 6.07) is 16.2. The summed E-state index contributed by atoms with van der Waals surface area (Å²) in [4.78, 5) is 9.35. The number of aliphatic imine (C=N–C) groups is 1. The lowest BCUT2D eigenvalue weighted by atomic mass is 10.1. The van der Waals surface area contributed by atoms with Gasteiger partial charge in [0.05, 0.1) is 23.9 Å². The number of ether oxygens (including phenoxy) is 1. The molecule has 2 aromatic carbocycles. The van der Waals surface area contributed by atoms with Crippen LogP contribution in [0.15, 0.2) is 53.5 Å². The van der Waals surface area contributed by atoms with Crippen LogP contribution in [0.1, 0.15) is 12.0 Å². The fourth-order valence-corrected chi connectivity index (χ4v) is 2.76. The summed E-state index contributed by atoms with van der Waals surface area (Å²) in [6.45, 7) is 0.917. The van der Waals surface area contributed by atoms with Crippen molar-refractivity contribution in [3.63, 3.8) is 0 Å². The monoisotopic (exact) mass is 277 g/mol. The summed E-state index contributed by atoms with van der Waals surface area (Å²) in [6.07, 6.45) is 0.916. The van der Waals surface area contributed by atoms with Crippen LogP contribution in [0.4, 0.5) is 5.95 Å². The minimum atomic E-state index is 0.799. The Morgan fingerprint density at radius 1 is 1.05 bits per heavy atom. The van der Waals surface area contributed by atoms with Gasteiger partial charge in [0.25, 0.3) is 0 Å². The molecule has 0 atom stereocenters. The molecular formula is C17H15N3O.